The van der Waals surface area contributed by atoms with E-state index in [4.69, 9.17) is 33.2 Å². The number of aromatic amines is 1. The molecule has 4 N–H and O–H groups in total. The van der Waals surface area contributed by atoms with Gasteiger partial charge < -0.3 is 49.1 Å². The minimum Gasteiger partial charge on any atom is -0.463 e. The van der Waals surface area contributed by atoms with Crippen molar-refractivity contribution in [2.75, 3.05) is 26.2 Å². The van der Waals surface area contributed by atoms with Crippen LogP contribution in [0.5, 0.6) is 0 Å². The first-order valence-electron chi connectivity index (χ1n) is 21.3. The highest BCUT2D eigenvalue weighted by Crippen LogP contribution is 2.34. The highest BCUT2D eigenvalue weighted by atomic mass is 16.7. The smallest absolute Gasteiger partial charge is 0.407 e. The average molecular weight is 884 g/mol. The Morgan fingerprint density at radius 3 is 1.40 bits per heavy atom. The molecule has 1 aliphatic rings. The Labute approximate surface area is 363 Å². The van der Waals surface area contributed by atoms with Crippen LogP contribution in [0.1, 0.15) is 146 Å². The molecule has 20 heteroatoms. The maximum Gasteiger partial charge on any atom is 0.407 e. The number of unbranched alkanes of at least 4 members (excludes halogenated alkanes) is 6. The van der Waals surface area contributed by atoms with Crippen LogP contribution < -0.4 is 27.2 Å². The highest BCUT2D eigenvalue weighted by molar-refractivity contribution is 5.71. The standard InChI is InChI=1S/C42H69N5O15/c1-40(2,3)60-37(53)43-23-16-10-13-19-30(49)56-27-28-33(58-31(50)20-14-11-17-24-44-38(54)61-41(4,5)6)34(35(57-28)47-26-22-29(48)46-36(47)52)59-32(51)21-15-12-18-25-45-39(55)62-42(7,8)9/h22,26,28,33-35H,10-21,23-25,27H2,1-9H3,(H,43,53)(H,44,54)(H,45,55)(H,46,48,52)/t28-,33-,34-,35-/m1/s1. The van der Waals surface area contributed by atoms with Crippen molar-refractivity contribution >= 4 is 36.2 Å². The lowest BCUT2D eigenvalue weighted by atomic mass is 10.1. The number of alkyl carbamates (subject to hydrolysis) is 3. The number of H-pyrrole nitrogens is 1. The summed E-state index contributed by atoms with van der Waals surface area (Å²) in [4.78, 5) is 102. The van der Waals surface area contributed by atoms with Crippen molar-refractivity contribution < 1.29 is 61.9 Å². The first-order valence-corrected chi connectivity index (χ1v) is 21.3. The molecule has 1 saturated heterocycles. The molecule has 3 amide bonds. The zero-order valence-corrected chi connectivity index (χ0v) is 37.8. The van der Waals surface area contributed by atoms with Crippen LogP contribution in [0.25, 0.3) is 0 Å². The molecule has 0 bridgehead atoms. The molecule has 1 aromatic rings. The number of amides is 3. The van der Waals surface area contributed by atoms with Crippen LogP contribution >= 0.6 is 0 Å². The molecule has 62 heavy (non-hydrogen) atoms. The van der Waals surface area contributed by atoms with Gasteiger partial charge in [0.25, 0.3) is 5.56 Å². The summed E-state index contributed by atoms with van der Waals surface area (Å²) in [6.07, 6.45) is -1.35. The van der Waals surface area contributed by atoms with E-state index in [9.17, 15) is 38.4 Å². The minimum absolute atomic E-state index is 0.0287. The van der Waals surface area contributed by atoms with Gasteiger partial charge in [-0.05, 0) is 101 Å². The number of ether oxygens (including phenoxy) is 7. The number of hydrogen-bond donors (Lipinski definition) is 4. The number of carbonyl (C=O) groups excluding carboxylic acids is 6. The Hall–Kier alpha value is -5.14. The molecule has 352 valence electrons. The lowest BCUT2D eigenvalue weighted by molar-refractivity contribution is -0.169. The van der Waals surface area contributed by atoms with Gasteiger partial charge in [-0.2, -0.15) is 0 Å². The first-order chi connectivity index (χ1) is 28.9. The molecule has 0 radical (unpaired) electrons. The van der Waals surface area contributed by atoms with Gasteiger partial charge in [0, 0.05) is 51.2 Å². The summed E-state index contributed by atoms with van der Waals surface area (Å²) in [6.45, 7) is 16.4. The number of nitrogens with one attached hydrogen (secondary N) is 4. The highest BCUT2D eigenvalue weighted by Gasteiger charge is 2.51. The average Bonchev–Trinajstić information content (AvgIpc) is 3.44. The van der Waals surface area contributed by atoms with E-state index in [1.807, 2.05) is 0 Å². The summed E-state index contributed by atoms with van der Waals surface area (Å²) in [5.41, 5.74) is -3.48. The molecule has 4 atom stereocenters. The van der Waals surface area contributed by atoms with E-state index >= 15 is 0 Å². The fraction of sp³-hybridized carbons (Fsp3) is 0.762. The number of nitrogens with zero attached hydrogens (tertiary/aromatic N) is 1. The van der Waals surface area contributed by atoms with Gasteiger partial charge in [-0.1, -0.05) is 19.3 Å². The molecule has 0 aliphatic carbocycles. The largest absolute Gasteiger partial charge is 0.463 e. The van der Waals surface area contributed by atoms with Crippen LogP contribution in [0.3, 0.4) is 0 Å². The zero-order chi connectivity index (χ0) is 46.5. The van der Waals surface area contributed by atoms with Crippen LogP contribution in [0, 0.1) is 0 Å². The summed E-state index contributed by atoms with van der Waals surface area (Å²) in [6, 6.07) is 1.07. The molecular weight excluding hydrogens is 814 g/mol. The number of esters is 3. The summed E-state index contributed by atoms with van der Waals surface area (Å²) in [5, 5.41) is 7.98. The Balaban J connectivity index is 2.12. The molecule has 2 rings (SSSR count). The van der Waals surface area contributed by atoms with E-state index in [1.165, 1.54) is 0 Å². The molecule has 20 nitrogen and oxygen atoms in total. The predicted octanol–water partition coefficient (Wildman–Crippen LogP) is 5.06. The molecule has 0 unspecified atom stereocenters. The van der Waals surface area contributed by atoms with E-state index in [0.29, 0.717) is 77.4 Å². The van der Waals surface area contributed by atoms with Crippen molar-refractivity contribution in [3.63, 3.8) is 0 Å². The van der Waals surface area contributed by atoms with Gasteiger partial charge in [-0.3, -0.25) is 28.7 Å². The Morgan fingerprint density at radius 2 is 1.00 bits per heavy atom. The quantitative estimate of drug-likeness (QED) is 0.0637. The third-order valence-corrected chi connectivity index (χ3v) is 8.53. The van der Waals surface area contributed by atoms with Crippen molar-refractivity contribution in [2.24, 2.45) is 0 Å². The molecule has 0 saturated carbocycles. The van der Waals surface area contributed by atoms with E-state index < -0.39 is 95.4 Å². The third kappa shape index (κ3) is 23.2. The number of aromatic nitrogens is 2. The van der Waals surface area contributed by atoms with Crippen molar-refractivity contribution in [3.8, 4) is 0 Å². The van der Waals surface area contributed by atoms with Crippen LogP contribution in [0.15, 0.2) is 21.9 Å². The third-order valence-electron chi connectivity index (χ3n) is 8.53. The SMILES string of the molecule is CC(C)(C)OC(=O)NCCCCCC(=O)OC[C@H]1O[C@@H](n2ccc(=O)[nH]c2=O)[C@H](OC(=O)CCCCCNC(=O)OC(C)(C)C)[C@@H]1OC(=O)CCCCCNC(=O)OC(C)(C)C. The summed E-state index contributed by atoms with van der Waals surface area (Å²) in [7, 11) is 0. The van der Waals surface area contributed by atoms with E-state index in [-0.39, 0.29) is 19.3 Å². The molecular formula is C42H69N5O15. The maximum absolute atomic E-state index is 13.3. The molecule has 1 aromatic heterocycles. The first kappa shape index (κ1) is 53.0. The van der Waals surface area contributed by atoms with Gasteiger partial charge in [0.15, 0.2) is 18.4 Å². The normalized spacial score (nSPS) is 17.6. The number of rotatable bonds is 23. The second-order valence-electron chi connectivity index (χ2n) is 17.9. The van der Waals surface area contributed by atoms with Crippen LogP contribution in [0.4, 0.5) is 14.4 Å². The lowest BCUT2D eigenvalue weighted by Gasteiger charge is -2.25. The lowest BCUT2D eigenvalue weighted by Crippen LogP contribution is -2.43. The van der Waals surface area contributed by atoms with Crippen molar-refractivity contribution in [3.05, 3.63) is 33.1 Å². The number of carbonyl (C=O) groups is 6. The Morgan fingerprint density at radius 1 is 0.597 bits per heavy atom. The predicted molar refractivity (Wildman–Crippen MR) is 224 cm³/mol. The van der Waals surface area contributed by atoms with Crippen LogP contribution in [-0.4, -0.2) is 107 Å². The van der Waals surface area contributed by atoms with Crippen molar-refractivity contribution in [2.45, 2.75) is 181 Å². The number of hydrogen-bond acceptors (Lipinski definition) is 15. The maximum atomic E-state index is 13.3. The van der Waals surface area contributed by atoms with Crippen molar-refractivity contribution in [1.29, 1.82) is 0 Å². The van der Waals surface area contributed by atoms with Gasteiger partial charge >= 0.3 is 41.9 Å². The van der Waals surface area contributed by atoms with Gasteiger partial charge in [-0.15, -0.1) is 0 Å². The van der Waals surface area contributed by atoms with E-state index in [1.54, 1.807) is 62.3 Å². The van der Waals surface area contributed by atoms with Gasteiger partial charge in [0.1, 0.15) is 29.5 Å². The van der Waals surface area contributed by atoms with Crippen molar-refractivity contribution in [1.82, 2.24) is 25.5 Å². The monoisotopic (exact) mass is 883 g/mol. The molecule has 1 aliphatic heterocycles. The summed E-state index contributed by atoms with van der Waals surface area (Å²) >= 11 is 0. The van der Waals surface area contributed by atoms with Gasteiger partial charge in [-0.25, -0.2) is 19.2 Å². The van der Waals surface area contributed by atoms with E-state index in [2.05, 4.69) is 20.9 Å². The van der Waals surface area contributed by atoms with Gasteiger partial charge in [0.05, 0.1) is 0 Å². The van der Waals surface area contributed by atoms with Crippen LogP contribution in [-0.2, 0) is 47.5 Å². The molecule has 2 heterocycles. The zero-order valence-electron chi connectivity index (χ0n) is 37.8. The van der Waals surface area contributed by atoms with Crippen LogP contribution in [0.2, 0.25) is 0 Å². The second-order valence-corrected chi connectivity index (χ2v) is 17.9. The summed E-state index contributed by atoms with van der Waals surface area (Å²) < 4.78 is 40.1. The molecule has 0 aromatic carbocycles. The second kappa shape index (κ2) is 25.7. The fourth-order valence-corrected chi connectivity index (χ4v) is 5.86. The Bertz CT molecular complexity index is 1720. The topological polar surface area (TPSA) is 258 Å². The molecule has 0 spiro atoms. The van der Waals surface area contributed by atoms with Gasteiger partial charge in [0.2, 0.25) is 0 Å². The fourth-order valence-electron chi connectivity index (χ4n) is 5.86. The minimum atomic E-state index is -1.40. The molecule has 1 fully saturated rings. The summed E-state index contributed by atoms with van der Waals surface area (Å²) in [5.74, 6) is -1.96. The Kier molecular flexibility index (Phi) is 22.0. The van der Waals surface area contributed by atoms with E-state index in [0.717, 1.165) is 16.8 Å².